The first-order valence-electron chi connectivity index (χ1n) is 6.95. The summed E-state index contributed by atoms with van der Waals surface area (Å²) < 4.78 is 18.4. The van der Waals surface area contributed by atoms with E-state index in [-0.39, 0.29) is 5.82 Å². The van der Waals surface area contributed by atoms with Gasteiger partial charge in [0.15, 0.2) is 0 Å². The normalized spacial score (nSPS) is 21.6. The first kappa shape index (κ1) is 14.9. The first-order chi connectivity index (χ1) is 9.56. The quantitative estimate of drug-likeness (QED) is 0.885. The van der Waals surface area contributed by atoms with Crippen molar-refractivity contribution in [1.29, 1.82) is 0 Å². The van der Waals surface area contributed by atoms with Gasteiger partial charge < -0.3 is 10.5 Å². The third kappa shape index (κ3) is 4.02. The molecule has 1 saturated heterocycles. The van der Waals surface area contributed by atoms with E-state index in [1.807, 2.05) is 6.07 Å². The van der Waals surface area contributed by atoms with E-state index in [9.17, 15) is 9.18 Å². The van der Waals surface area contributed by atoms with E-state index in [1.165, 1.54) is 6.07 Å². The fraction of sp³-hybridized carbons (Fsp3) is 0.533. The summed E-state index contributed by atoms with van der Waals surface area (Å²) in [5, 5.41) is 0. The summed E-state index contributed by atoms with van der Waals surface area (Å²) in [6, 6.07) is 6.99. The van der Waals surface area contributed by atoms with E-state index in [4.69, 9.17) is 10.5 Å². The maximum Gasteiger partial charge on any atom is 0.247 e. The number of hydrogen-bond donors (Lipinski definition) is 1. The molecule has 1 fully saturated rings. The second-order valence-corrected chi connectivity index (χ2v) is 5.27. The van der Waals surface area contributed by atoms with Crippen LogP contribution in [0.3, 0.4) is 0 Å². The van der Waals surface area contributed by atoms with Crippen LogP contribution < -0.4 is 5.73 Å². The molecule has 2 atom stereocenters. The van der Waals surface area contributed by atoms with Crippen LogP contribution in [0.2, 0.25) is 0 Å². The van der Waals surface area contributed by atoms with Crippen molar-refractivity contribution in [3.05, 3.63) is 35.6 Å². The minimum absolute atomic E-state index is 0.199. The molecule has 5 heteroatoms. The van der Waals surface area contributed by atoms with Gasteiger partial charge in [0.05, 0.1) is 6.61 Å². The molecule has 2 N–H and O–H groups in total. The Labute approximate surface area is 118 Å². The maximum atomic E-state index is 13.1. The minimum Gasteiger partial charge on any atom is -0.367 e. The van der Waals surface area contributed by atoms with Crippen molar-refractivity contribution < 1.29 is 13.9 Å². The average molecular weight is 280 g/mol. The number of primary amides is 1. The van der Waals surface area contributed by atoms with Gasteiger partial charge in [-0.1, -0.05) is 12.1 Å². The Balaban J connectivity index is 1.85. The summed E-state index contributed by atoms with van der Waals surface area (Å²) in [7, 11) is 0. The lowest BCUT2D eigenvalue weighted by Gasteiger charge is -2.35. The van der Waals surface area contributed by atoms with E-state index in [0.29, 0.717) is 19.2 Å². The minimum atomic E-state index is -0.514. The molecule has 0 aliphatic carbocycles. The van der Waals surface area contributed by atoms with Gasteiger partial charge >= 0.3 is 0 Å². The number of benzene rings is 1. The molecule has 2 unspecified atom stereocenters. The summed E-state index contributed by atoms with van der Waals surface area (Å²) in [6.07, 6.45) is 1.22. The highest BCUT2D eigenvalue weighted by Crippen LogP contribution is 2.14. The van der Waals surface area contributed by atoms with Crippen LogP contribution in [0.15, 0.2) is 24.3 Å². The predicted molar refractivity (Wildman–Crippen MR) is 74.7 cm³/mol. The third-order valence-corrected chi connectivity index (χ3v) is 3.78. The van der Waals surface area contributed by atoms with E-state index < -0.39 is 12.0 Å². The van der Waals surface area contributed by atoms with Crippen LogP contribution in [-0.4, -0.2) is 42.6 Å². The van der Waals surface area contributed by atoms with Crippen LogP contribution in [-0.2, 0) is 16.0 Å². The molecule has 4 nitrogen and oxygen atoms in total. The summed E-state index contributed by atoms with van der Waals surface area (Å²) in [5.74, 6) is -0.609. The van der Waals surface area contributed by atoms with Crippen molar-refractivity contribution in [2.24, 2.45) is 5.73 Å². The molecule has 1 aromatic carbocycles. The molecule has 0 saturated carbocycles. The van der Waals surface area contributed by atoms with E-state index in [1.54, 1.807) is 12.1 Å². The topological polar surface area (TPSA) is 55.6 Å². The van der Waals surface area contributed by atoms with Gasteiger partial charge in [0.1, 0.15) is 11.9 Å². The molecule has 0 aromatic heterocycles. The lowest BCUT2D eigenvalue weighted by atomic mass is 10.0. The number of amides is 1. The average Bonchev–Trinajstić information content (AvgIpc) is 2.45. The smallest absolute Gasteiger partial charge is 0.247 e. The molecular formula is C15H21FN2O2. The molecule has 2 rings (SSSR count). The fourth-order valence-electron chi connectivity index (χ4n) is 2.49. The lowest BCUT2D eigenvalue weighted by Crippen LogP contribution is -2.51. The van der Waals surface area contributed by atoms with Crippen molar-refractivity contribution in [3.63, 3.8) is 0 Å². The van der Waals surface area contributed by atoms with Crippen molar-refractivity contribution >= 4 is 5.91 Å². The van der Waals surface area contributed by atoms with Crippen molar-refractivity contribution in [2.75, 3.05) is 19.7 Å². The highest BCUT2D eigenvalue weighted by Gasteiger charge is 2.27. The van der Waals surface area contributed by atoms with Crippen LogP contribution in [0.1, 0.15) is 18.9 Å². The zero-order valence-corrected chi connectivity index (χ0v) is 11.7. The van der Waals surface area contributed by atoms with Crippen LogP contribution in [0.5, 0.6) is 0 Å². The molecule has 1 amide bonds. The molecular weight excluding hydrogens is 259 g/mol. The molecule has 1 aliphatic heterocycles. The number of halogens is 1. The SMILES string of the molecule is CC(CCc1cccc(F)c1)N1CCOC(C(N)=O)C1. The molecule has 0 bridgehead atoms. The number of morpholine rings is 1. The Morgan fingerprint density at radius 2 is 2.40 bits per heavy atom. The van der Waals surface area contributed by atoms with Gasteiger partial charge in [-0.25, -0.2) is 4.39 Å². The Kier molecular flexibility index (Phi) is 5.09. The molecule has 1 aliphatic rings. The molecule has 1 aromatic rings. The highest BCUT2D eigenvalue weighted by molar-refractivity contribution is 5.79. The Morgan fingerprint density at radius 1 is 1.60 bits per heavy atom. The van der Waals surface area contributed by atoms with Crippen LogP contribution >= 0.6 is 0 Å². The largest absolute Gasteiger partial charge is 0.367 e. The first-order valence-corrected chi connectivity index (χ1v) is 6.95. The third-order valence-electron chi connectivity index (χ3n) is 3.78. The van der Waals surface area contributed by atoms with E-state index >= 15 is 0 Å². The number of nitrogens with zero attached hydrogens (tertiary/aromatic N) is 1. The Bertz CT molecular complexity index is 467. The summed E-state index contributed by atoms with van der Waals surface area (Å²) >= 11 is 0. The Hall–Kier alpha value is -1.46. The number of aryl methyl sites for hydroxylation is 1. The van der Waals surface area contributed by atoms with Crippen LogP contribution in [0.4, 0.5) is 4.39 Å². The van der Waals surface area contributed by atoms with Gasteiger partial charge in [0.2, 0.25) is 5.91 Å². The number of carbonyl (C=O) groups is 1. The van der Waals surface area contributed by atoms with Crippen LogP contribution in [0, 0.1) is 5.82 Å². The standard InChI is InChI=1S/C15H21FN2O2/c1-11(5-6-12-3-2-4-13(16)9-12)18-7-8-20-14(10-18)15(17)19/h2-4,9,11,14H,5-8,10H2,1H3,(H2,17,19). The number of hydrogen-bond acceptors (Lipinski definition) is 3. The Morgan fingerprint density at radius 3 is 3.10 bits per heavy atom. The van der Waals surface area contributed by atoms with Crippen molar-refractivity contribution in [1.82, 2.24) is 4.90 Å². The second-order valence-electron chi connectivity index (χ2n) is 5.27. The van der Waals surface area contributed by atoms with Gasteiger partial charge in [-0.2, -0.15) is 0 Å². The summed E-state index contributed by atoms with van der Waals surface area (Å²) in [5.41, 5.74) is 6.28. The summed E-state index contributed by atoms with van der Waals surface area (Å²) in [6.45, 7) is 3.98. The van der Waals surface area contributed by atoms with Crippen LogP contribution in [0.25, 0.3) is 0 Å². The van der Waals surface area contributed by atoms with Crippen molar-refractivity contribution in [2.45, 2.75) is 31.9 Å². The maximum absolute atomic E-state index is 13.1. The lowest BCUT2D eigenvalue weighted by molar-refractivity contribution is -0.136. The van der Waals surface area contributed by atoms with Gasteiger partial charge in [-0.05, 0) is 37.5 Å². The fourth-order valence-corrected chi connectivity index (χ4v) is 2.49. The summed E-state index contributed by atoms with van der Waals surface area (Å²) in [4.78, 5) is 13.4. The number of nitrogens with two attached hydrogens (primary N) is 1. The second kappa shape index (κ2) is 6.81. The van der Waals surface area contributed by atoms with E-state index in [0.717, 1.165) is 24.9 Å². The molecule has 0 spiro atoms. The van der Waals surface area contributed by atoms with Gasteiger partial charge in [-0.15, -0.1) is 0 Å². The predicted octanol–water partition coefficient (Wildman–Crippen LogP) is 1.33. The van der Waals surface area contributed by atoms with Gasteiger partial charge in [-0.3, -0.25) is 9.69 Å². The van der Waals surface area contributed by atoms with Gasteiger partial charge in [0, 0.05) is 19.1 Å². The zero-order valence-electron chi connectivity index (χ0n) is 11.7. The molecule has 1 heterocycles. The van der Waals surface area contributed by atoms with Gasteiger partial charge in [0.25, 0.3) is 0 Å². The number of rotatable bonds is 5. The molecule has 110 valence electrons. The molecule has 20 heavy (non-hydrogen) atoms. The monoisotopic (exact) mass is 280 g/mol. The highest BCUT2D eigenvalue weighted by atomic mass is 19.1. The van der Waals surface area contributed by atoms with E-state index in [2.05, 4.69) is 11.8 Å². The van der Waals surface area contributed by atoms with Crippen molar-refractivity contribution in [3.8, 4) is 0 Å². The number of ether oxygens (including phenoxy) is 1. The molecule has 0 radical (unpaired) electrons. The number of carbonyl (C=O) groups excluding carboxylic acids is 1. The zero-order chi connectivity index (χ0) is 14.5.